The maximum absolute atomic E-state index is 11.4. The van der Waals surface area contributed by atoms with Gasteiger partial charge >= 0.3 is 6.18 Å². The molecule has 0 aliphatic carbocycles. The molecule has 0 atom stereocenters. The topological polar surface area (TPSA) is 0 Å². The fourth-order valence-electron chi connectivity index (χ4n) is 0.420. The zero-order valence-corrected chi connectivity index (χ0v) is 7.56. The summed E-state index contributed by atoms with van der Waals surface area (Å²) in [5.74, 6) is 0. The largest absolute Gasteiger partial charge is 1.00 e. The lowest BCUT2D eigenvalue weighted by atomic mass is 10.2. The van der Waals surface area contributed by atoms with Gasteiger partial charge in [-0.05, 0) is 12.8 Å². The van der Waals surface area contributed by atoms with Crippen LogP contribution in [0.15, 0.2) is 0 Å². The molecule has 0 saturated heterocycles. The van der Waals surface area contributed by atoms with E-state index in [1.807, 2.05) is 0 Å². The summed E-state index contributed by atoms with van der Waals surface area (Å²) < 4.78 is 34.1. The lowest BCUT2D eigenvalue weighted by Gasteiger charge is -2.02. The van der Waals surface area contributed by atoms with E-state index in [0.717, 1.165) is 0 Å². The average Bonchev–Trinajstić information content (AvgIpc) is 1.63. The maximum atomic E-state index is 11.4. The molecule has 5 heteroatoms. The second kappa shape index (κ2) is 6.28. The molecule has 0 heterocycles. The van der Waals surface area contributed by atoms with E-state index in [1.165, 1.54) is 0 Å². The van der Waals surface area contributed by atoms with E-state index >= 15 is 0 Å². The first-order valence-corrected chi connectivity index (χ1v) is 3.81. The second-order valence-corrected chi connectivity index (χ2v) is 2.55. The van der Waals surface area contributed by atoms with Crippen molar-refractivity contribution in [3.8, 4) is 0 Å². The van der Waals surface area contributed by atoms with Gasteiger partial charge in [-0.3, -0.25) is 0 Å². The number of hydrogen-bond donors (Lipinski definition) is 0. The number of alkyl halides is 4. The van der Waals surface area contributed by atoms with Crippen LogP contribution in [0.25, 0.3) is 0 Å². The van der Waals surface area contributed by atoms with Crippen molar-refractivity contribution >= 4 is 15.9 Å². The molecule has 0 N–H and O–H groups in total. The third-order valence-electron chi connectivity index (χ3n) is 0.844. The smallest absolute Gasteiger partial charge is 0.389 e. The summed E-state index contributed by atoms with van der Waals surface area (Å²) in [4.78, 5) is 0. The highest BCUT2D eigenvalue weighted by molar-refractivity contribution is 9.09. The van der Waals surface area contributed by atoms with Crippen molar-refractivity contribution in [3.05, 3.63) is 0 Å². The molecule has 0 saturated carbocycles. The molecule has 0 aliphatic rings. The molecule has 0 aromatic carbocycles. The van der Waals surface area contributed by atoms with Crippen LogP contribution in [0, 0.1) is 0 Å². The maximum Gasteiger partial charge on any atom is 0.389 e. The van der Waals surface area contributed by atoms with Gasteiger partial charge in [0.05, 0.1) is 0 Å². The summed E-state index contributed by atoms with van der Waals surface area (Å²) in [5, 5.41) is 0.656. The first-order chi connectivity index (χ1) is 4.06. The minimum absolute atomic E-state index is 0. The number of unbranched alkanes of at least 4 members (excludes halogenated alkanes) is 1. The molecule has 0 spiro atoms. The summed E-state index contributed by atoms with van der Waals surface area (Å²) in [7, 11) is 0. The first kappa shape index (κ1) is 13.2. The lowest BCUT2D eigenvalue weighted by Crippen LogP contribution is -3.00. The summed E-state index contributed by atoms with van der Waals surface area (Å²) in [5.41, 5.74) is 0. The van der Waals surface area contributed by atoms with Crippen LogP contribution in [-0.2, 0) is 0 Å². The normalized spacial score (nSPS) is 10.8. The van der Waals surface area contributed by atoms with Crippen molar-refractivity contribution in [3.63, 3.8) is 0 Å². The average molecular weight is 240 g/mol. The standard InChI is InChI=1S/C5H8BrF3.ClH/c6-4-2-1-3-5(7,8)9;/h1-4H2;1H/p-1. The Balaban J connectivity index is 0. The van der Waals surface area contributed by atoms with Gasteiger partial charge in [0, 0.05) is 11.8 Å². The van der Waals surface area contributed by atoms with Crippen molar-refractivity contribution in [1.82, 2.24) is 0 Å². The second-order valence-electron chi connectivity index (χ2n) is 1.76. The Kier molecular flexibility index (Phi) is 8.27. The van der Waals surface area contributed by atoms with Gasteiger partial charge in [0.15, 0.2) is 0 Å². The van der Waals surface area contributed by atoms with E-state index in [9.17, 15) is 13.2 Å². The van der Waals surface area contributed by atoms with Gasteiger partial charge in [-0.2, -0.15) is 13.2 Å². The van der Waals surface area contributed by atoms with Gasteiger partial charge in [-0.15, -0.1) is 0 Å². The monoisotopic (exact) mass is 239 g/mol. The van der Waals surface area contributed by atoms with Crippen molar-refractivity contribution < 1.29 is 25.6 Å². The van der Waals surface area contributed by atoms with Gasteiger partial charge < -0.3 is 12.4 Å². The van der Waals surface area contributed by atoms with E-state index in [1.54, 1.807) is 0 Å². The fourth-order valence-corrected chi connectivity index (χ4v) is 0.816. The van der Waals surface area contributed by atoms with E-state index in [2.05, 4.69) is 15.9 Å². The van der Waals surface area contributed by atoms with Crippen LogP contribution in [0.2, 0.25) is 0 Å². The Bertz CT molecular complexity index is 73.8. The third-order valence-corrected chi connectivity index (χ3v) is 1.40. The molecule has 0 aliphatic heterocycles. The van der Waals surface area contributed by atoms with Crippen molar-refractivity contribution in [2.24, 2.45) is 0 Å². The Hall–Kier alpha value is 0.560. The summed E-state index contributed by atoms with van der Waals surface area (Å²) in [6.45, 7) is 0. The van der Waals surface area contributed by atoms with Crippen LogP contribution in [0.1, 0.15) is 19.3 Å². The zero-order valence-electron chi connectivity index (χ0n) is 5.22. The van der Waals surface area contributed by atoms with E-state index in [0.29, 0.717) is 11.8 Å². The molecule has 10 heavy (non-hydrogen) atoms. The molecule has 0 radical (unpaired) electrons. The molecule has 0 bridgehead atoms. The molecule has 0 fully saturated rings. The fraction of sp³-hybridized carbons (Fsp3) is 1.00. The van der Waals surface area contributed by atoms with Crippen LogP contribution >= 0.6 is 15.9 Å². The molecular weight excluding hydrogens is 232 g/mol. The minimum atomic E-state index is -3.97. The molecule has 64 valence electrons. The van der Waals surface area contributed by atoms with Crippen molar-refractivity contribution in [2.45, 2.75) is 25.4 Å². The van der Waals surface area contributed by atoms with E-state index in [-0.39, 0.29) is 18.8 Å². The molecule has 0 amide bonds. The molecule has 0 aromatic heterocycles. The SMILES string of the molecule is FC(F)(F)CCCCBr.[Cl-]. The van der Waals surface area contributed by atoms with Gasteiger partial charge in [0.2, 0.25) is 0 Å². The Labute approximate surface area is 72.7 Å². The number of halogens is 5. The molecule has 0 unspecified atom stereocenters. The van der Waals surface area contributed by atoms with Crippen LogP contribution in [0.5, 0.6) is 0 Å². The summed E-state index contributed by atoms with van der Waals surface area (Å²) in [6.07, 6.45) is -3.80. The molecule has 0 aromatic rings. The van der Waals surface area contributed by atoms with Gasteiger partial charge in [-0.25, -0.2) is 0 Å². The first-order valence-electron chi connectivity index (χ1n) is 2.69. The quantitative estimate of drug-likeness (QED) is 0.485. The highest BCUT2D eigenvalue weighted by atomic mass is 79.9. The highest BCUT2D eigenvalue weighted by Gasteiger charge is 2.25. The van der Waals surface area contributed by atoms with Crippen LogP contribution < -0.4 is 12.4 Å². The Morgan fingerprint density at radius 2 is 1.60 bits per heavy atom. The summed E-state index contributed by atoms with van der Waals surface area (Å²) in [6, 6.07) is 0. The number of rotatable bonds is 3. The highest BCUT2D eigenvalue weighted by Crippen LogP contribution is 2.22. The lowest BCUT2D eigenvalue weighted by molar-refractivity contribution is -0.135. The third kappa shape index (κ3) is 11.4. The predicted molar refractivity (Wildman–Crippen MR) is 33.7 cm³/mol. The van der Waals surface area contributed by atoms with Crippen molar-refractivity contribution in [2.75, 3.05) is 5.33 Å². The van der Waals surface area contributed by atoms with Gasteiger partial charge in [-0.1, -0.05) is 15.9 Å². The van der Waals surface area contributed by atoms with Crippen LogP contribution in [0.3, 0.4) is 0 Å². The zero-order chi connectivity index (χ0) is 7.33. The number of hydrogen-bond acceptors (Lipinski definition) is 0. The minimum Gasteiger partial charge on any atom is -1.00 e. The van der Waals surface area contributed by atoms with Gasteiger partial charge in [0.25, 0.3) is 0 Å². The van der Waals surface area contributed by atoms with Crippen molar-refractivity contribution in [1.29, 1.82) is 0 Å². The molecule has 0 nitrogen and oxygen atoms in total. The van der Waals surface area contributed by atoms with E-state index < -0.39 is 12.6 Å². The van der Waals surface area contributed by atoms with Gasteiger partial charge in [0.1, 0.15) is 0 Å². The van der Waals surface area contributed by atoms with Crippen LogP contribution in [-0.4, -0.2) is 11.5 Å². The molecule has 0 rings (SSSR count). The molecular formula is C5H8BrClF3-. The predicted octanol–water partition coefficient (Wildman–Crippen LogP) is 0.118. The van der Waals surface area contributed by atoms with E-state index in [4.69, 9.17) is 0 Å². The Morgan fingerprint density at radius 3 is 1.90 bits per heavy atom. The van der Waals surface area contributed by atoms with Crippen LogP contribution in [0.4, 0.5) is 13.2 Å². The Morgan fingerprint density at radius 1 is 1.10 bits per heavy atom. The summed E-state index contributed by atoms with van der Waals surface area (Å²) >= 11 is 3.05.